The zero-order valence-corrected chi connectivity index (χ0v) is 10.7. The van der Waals surface area contributed by atoms with Gasteiger partial charge in [-0.05, 0) is 39.5 Å². The molecular formula is C12H23NO3. The van der Waals surface area contributed by atoms with Crippen LogP contribution in [0.5, 0.6) is 0 Å². The van der Waals surface area contributed by atoms with Gasteiger partial charge in [0.15, 0.2) is 0 Å². The molecule has 0 bridgehead atoms. The maximum Gasteiger partial charge on any atom is 0.410 e. The molecule has 1 saturated heterocycles. The Morgan fingerprint density at radius 1 is 1.56 bits per heavy atom. The fraction of sp³-hybridized carbons (Fsp3) is 0.917. The quantitative estimate of drug-likeness (QED) is 0.805. The van der Waals surface area contributed by atoms with E-state index in [9.17, 15) is 4.79 Å². The lowest BCUT2D eigenvalue weighted by atomic mass is 9.89. The van der Waals surface area contributed by atoms with Crippen LogP contribution in [0.25, 0.3) is 0 Å². The van der Waals surface area contributed by atoms with Crippen LogP contribution in [0.3, 0.4) is 0 Å². The third-order valence-electron chi connectivity index (χ3n) is 2.94. The molecule has 94 valence electrons. The zero-order valence-electron chi connectivity index (χ0n) is 10.7. The van der Waals surface area contributed by atoms with Crippen molar-refractivity contribution in [3.05, 3.63) is 0 Å². The molecule has 0 spiro atoms. The average Bonchev–Trinajstić information content (AvgIpc) is 1.97. The second-order valence-corrected chi connectivity index (χ2v) is 5.52. The fourth-order valence-corrected chi connectivity index (χ4v) is 1.94. The molecule has 1 aliphatic rings. The van der Waals surface area contributed by atoms with Crippen LogP contribution in [-0.2, 0) is 4.74 Å². The van der Waals surface area contributed by atoms with Crippen molar-refractivity contribution in [2.45, 2.75) is 52.2 Å². The van der Waals surface area contributed by atoms with Crippen molar-refractivity contribution in [2.24, 2.45) is 5.92 Å². The molecule has 0 aromatic carbocycles. The molecule has 4 heteroatoms. The zero-order chi connectivity index (χ0) is 12.3. The predicted octanol–water partition coefficient (Wildman–Crippen LogP) is 2.01. The van der Waals surface area contributed by atoms with Crippen LogP contribution in [0.4, 0.5) is 4.79 Å². The van der Waals surface area contributed by atoms with E-state index in [-0.39, 0.29) is 18.7 Å². The fourth-order valence-electron chi connectivity index (χ4n) is 1.94. The molecule has 1 fully saturated rings. The molecule has 0 aliphatic carbocycles. The van der Waals surface area contributed by atoms with Gasteiger partial charge >= 0.3 is 6.09 Å². The van der Waals surface area contributed by atoms with Crippen molar-refractivity contribution < 1.29 is 14.6 Å². The van der Waals surface area contributed by atoms with Crippen molar-refractivity contribution in [1.82, 2.24) is 4.90 Å². The SMILES string of the molecule is CC(CCO)C1CCN1C(=O)OC(C)(C)C. The number of likely N-dealkylation sites (tertiary alicyclic amines) is 1. The summed E-state index contributed by atoms with van der Waals surface area (Å²) in [5.41, 5.74) is -0.433. The first-order valence-corrected chi connectivity index (χ1v) is 5.95. The van der Waals surface area contributed by atoms with Crippen molar-refractivity contribution in [3.8, 4) is 0 Å². The number of amides is 1. The predicted molar refractivity (Wildman–Crippen MR) is 62.2 cm³/mol. The highest BCUT2D eigenvalue weighted by Gasteiger charge is 2.37. The van der Waals surface area contributed by atoms with Gasteiger partial charge < -0.3 is 14.7 Å². The first-order chi connectivity index (χ1) is 7.35. The van der Waals surface area contributed by atoms with Gasteiger partial charge in [0.1, 0.15) is 5.60 Å². The van der Waals surface area contributed by atoms with Crippen molar-refractivity contribution in [1.29, 1.82) is 0 Å². The number of nitrogens with zero attached hydrogens (tertiary/aromatic N) is 1. The summed E-state index contributed by atoms with van der Waals surface area (Å²) in [7, 11) is 0. The highest BCUT2D eigenvalue weighted by atomic mass is 16.6. The Kier molecular flexibility index (Phi) is 4.19. The second kappa shape index (κ2) is 5.04. The Hall–Kier alpha value is -0.770. The average molecular weight is 229 g/mol. The van der Waals surface area contributed by atoms with Crippen LogP contribution < -0.4 is 0 Å². The number of hydrogen-bond donors (Lipinski definition) is 1. The third-order valence-corrected chi connectivity index (χ3v) is 2.94. The first kappa shape index (κ1) is 13.3. The van der Waals surface area contributed by atoms with Gasteiger partial charge in [-0.3, -0.25) is 0 Å². The van der Waals surface area contributed by atoms with Gasteiger partial charge in [0.2, 0.25) is 0 Å². The van der Waals surface area contributed by atoms with E-state index >= 15 is 0 Å². The Labute approximate surface area is 97.6 Å². The molecule has 0 aromatic rings. The van der Waals surface area contributed by atoms with E-state index < -0.39 is 5.60 Å². The van der Waals surface area contributed by atoms with Gasteiger partial charge in [-0.2, -0.15) is 0 Å². The van der Waals surface area contributed by atoms with E-state index in [1.165, 1.54) is 0 Å². The van der Waals surface area contributed by atoms with E-state index in [1.54, 1.807) is 4.90 Å². The summed E-state index contributed by atoms with van der Waals surface area (Å²) in [6, 6.07) is 0.238. The molecule has 0 saturated carbocycles. The number of aliphatic hydroxyl groups is 1. The molecule has 0 aromatic heterocycles. The Bertz CT molecular complexity index is 247. The monoisotopic (exact) mass is 229 g/mol. The lowest BCUT2D eigenvalue weighted by Gasteiger charge is -2.44. The third kappa shape index (κ3) is 3.37. The van der Waals surface area contributed by atoms with Gasteiger partial charge in [-0.15, -0.1) is 0 Å². The maximum atomic E-state index is 11.8. The highest BCUT2D eigenvalue weighted by molar-refractivity contribution is 5.69. The van der Waals surface area contributed by atoms with Crippen molar-refractivity contribution >= 4 is 6.09 Å². The van der Waals surface area contributed by atoms with Crippen molar-refractivity contribution in [3.63, 3.8) is 0 Å². The number of hydrogen-bond acceptors (Lipinski definition) is 3. The maximum absolute atomic E-state index is 11.8. The Balaban J connectivity index is 2.46. The highest BCUT2D eigenvalue weighted by Crippen LogP contribution is 2.28. The summed E-state index contributed by atoms with van der Waals surface area (Å²) >= 11 is 0. The smallest absolute Gasteiger partial charge is 0.410 e. The van der Waals surface area contributed by atoms with E-state index in [0.29, 0.717) is 5.92 Å². The van der Waals surface area contributed by atoms with E-state index in [0.717, 1.165) is 19.4 Å². The summed E-state index contributed by atoms with van der Waals surface area (Å²) in [6.07, 6.45) is 1.53. The van der Waals surface area contributed by atoms with Crippen LogP contribution >= 0.6 is 0 Å². The molecule has 1 aliphatic heterocycles. The van der Waals surface area contributed by atoms with Crippen LogP contribution in [0.1, 0.15) is 40.5 Å². The molecule has 16 heavy (non-hydrogen) atoms. The summed E-state index contributed by atoms with van der Waals surface area (Å²) < 4.78 is 5.32. The molecule has 1 rings (SSSR count). The second-order valence-electron chi connectivity index (χ2n) is 5.52. The van der Waals surface area contributed by atoms with Crippen LogP contribution in [0.15, 0.2) is 0 Å². The summed E-state index contributed by atoms with van der Waals surface area (Å²) in [5, 5.41) is 8.88. The number of ether oxygens (including phenoxy) is 1. The lowest BCUT2D eigenvalue weighted by Crippen LogP contribution is -2.55. The standard InChI is InChI=1S/C12H23NO3/c1-9(6-8-14)10-5-7-13(10)11(15)16-12(2,3)4/h9-10,14H,5-8H2,1-4H3. The van der Waals surface area contributed by atoms with Gasteiger partial charge in [0.25, 0.3) is 0 Å². The number of carbonyl (C=O) groups excluding carboxylic acids is 1. The minimum Gasteiger partial charge on any atom is -0.444 e. The number of aliphatic hydroxyl groups excluding tert-OH is 1. The molecule has 4 nitrogen and oxygen atoms in total. The minimum absolute atomic E-state index is 0.180. The molecular weight excluding hydrogens is 206 g/mol. The normalized spacial score (nSPS) is 22.6. The van der Waals surface area contributed by atoms with Crippen molar-refractivity contribution in [2.75, 3.05) is 13.2 Å². The molecule has 2 atom stereocenters. The van der Waals surface area contributed by atoms with Crippen LogP contribution in [0, 0.1) is 5.92 Å². The van der Waals surface area contributed by atoms with Crippen LogP contribution in [-0.4, -0.2) is 40.9 Å². The molecule has 2 unspecified atom stereocenters. The van der Waals surface area contributed by atoms with E-state index in [2.05, 4.69) is 6.92 Å². The molecule has 1 amide bonds. The van der Waals surface area contributed by atoms with E-state index in [1.807, 2.05) is 20.8 Å². The van der Waals surface area contributed by atoms with Gasteiger partial charge in [0.05, 0.1) is 0 Å². The molecule has 1 N–H and O–H groups in total. The van der Waals surface area contributed by atoms with Crippen LogP contribution in [0.2, 0.25) is 0 Å². The van der Waals surface area contributed by atoms with Gasteiger partial charge in [-0.25, -0.2) is 4.79 Å². The lowest BCUT2D eigenvalue weighted by molar-refractivity contribution is -0.0183. The number of rotatable bonds is 3. The topological polar surface area (TPSA) is 49.8 Å². The summed E-state index contributed by atoms with van der Waals surface area (Å²) in [4.78, 5) is 13.6. The first-order valence-electron chi connectivity index (χ1n) is 5.95. The largest absolute Gasteiger partial charge is 0.444 e. The molecule has 0 radical (unpaired) electrons. The summed E-state index contributed by atoms with van der Waals surface area (Å²) in [6.45, 7) is 8.64. The van der Waals surface area contributed by atoms with E-state index in [4.69, 9.17) is 9.84 Å². The minimum atomic E-state index is -0.433. The molecule has 1 heterocycles. The Morgan fingerprint density at radius 3 is 2.56 bits per heavy atom. The summed E-state index contributed by atoms with van der Waals surface area (Å²) in [5.74, 6) is 0.339. The van der Waals surface area contributed by atoms with Gasteiger partial charge in [0, 0.05) is 19.2 Å². The van der Waals surface area contributed by atoms with Gasteiger partial charge in [-0.1, -0.05) is 6.92 Å². The number of carbonyl (C=O) groups is 1. The Morgan fingerprint density at radius 2 is 2.19 bits per heavy atom.